The molecule has 0 fully saturated rings. The Balaban J connectivity index is 3.11. The minimum Gasteiger partial charge on any atom is -0.395 e. The van der Waals surface area contributed by atoms with Crippen LogP contribution in [0.25, 0.3) is 0 Å². The van der Waals surface area contributed by atoms with Crippen LogP contribution in [0.15, 0.2) is 14.7 Å². The smallest absolute Gasteiger partial charge is 0.244 e. The number of nitrogens with zero attached hydrogens (tertiary/aromatic N) is 1. The highest BCUT2D eigenvalue weighted by Gasteiger charge is 2.23. The SMILES string of the molecule is Cc1sc(Br)cc1S(=O)(=O)N(C)CCO. The van der Waals surface area contributed by atoms with Gasteiger partial charge >= 0.3 is 0 Å². The molecule has 0 unspecified atom stereocenters. The second-order valence-electron chi connectivity index (χ2n) is 3.02. The van der Waals surface area contributed by atoms with Crippen LogP contribution in [0, 0.1) is 6.92 Å². The van der Waals surface area contributed by atoms with Gasteiger partial charge in [-0.2, -0.15) is 4.31 Å². The van der Waals surface area contributed by atoms with Gasteiger partial charge in [-0.25, -0.2) is 8.42 Å². The predicted molar refractivity (Wildman–Crippen MR) is 63.7 cm³/mol. The van der Waals surface area contributed by atoms with Gasteiger partial charge in [0, 0.05) is 18.5 Å². The Labute approximate surface area is 102 Å². The highest BCUT2D eigenvalue weighted by atomic mass is 79.9. The number of halogens is 1. The average Bonchev–Trinajstić information content (AvgIpc) is 2.46. The van der Waals surface area contributed by atoms with Crippen LogP contribution in [0.1, 0.15) is 4.88 Å². The van der Waals surface area contributed by atoms with E-state index in [0.29, 0.717) is 4.90 Å². The number of aryl methyl sites for hydroxylation is 1. The van der Waals surface area contributed by atoms with Crippen LogP contribution in [0.5, 0.6) is 0 Å². The molecule has 0 spiro atoms. The predicted octanol–water partition coefficient (Wildman–Crippen LogP) is 1.43. The van der Waals surface area contributed by atoms with Gasteiger partial charge in [0.1, 0.15) is 0 Å². The molecule has 0 radical (unpaired) electrons. The minimum absolute atomic E-state index is 0.106. The Morgan fingerprint density at radius 3 is 2.60 bits per heavy atom. The number of hydrogen-bond acceptors (Lipinski definition) is 4. The van der Waals surface area contributed by atoms with Crippen molar-refractivity contribution in [2.45, 2.75) is 11.8 Å². The average molecular weight is 314 g/mol. The summed E-state index contributed by atoms with van der Waals surface area (Å²) in [4.78, 5) is 1.04. The number of aliphatic hydroxyl groups excluding tert-OH is 1. The second-order valence-corrected chi connectivity index (χ2v) is 7.67. The molecule has 1 aromatic rings. The second kappa shape index (κ2) is 4.92. The van der Waals surface area contributed by atoms with E-state index in [1.54, 1.807) is 13.0 Å². The molecule has 7 heteroatoms. The van der Waals surface area contributed by atoms with E-state index in [0.717, 1.165) is 13.0 Å². The summed E-state index contributed by atoms with van der Waals surface area (Å²) in [7, 11) is -2.00. The summed E-state index contributed by atoms with van der Waals surface area (Å²) in [6, 6.07) is 1.59. The number of rotatable bonds is 4. The van der Waals surface area contributed by atoms with Gasteiger partial charge in [0.05, 0.1) is 15.3 Å². The van der Waals surface area contributed by atoms with Crippen molar-refractivity contribution in [2.75, 3.05) is 20.2 Å². The summed E-state index contributed by atoms with van der Waals surface area (Å²) < 4.78 is 25.8. The lowest BCUT2D eigenvalue weighted by atomic mass is 10.5. The molecule has 0 aromatic carbocycles. The molecule has 4 nitrogen and oxygen atoms in total. The van der Waals surface area contributed by atoms with E-state index in [-0.39, 0.29) is 13.2 Å². The lowest BCUT2D eigenvalue weighted by Gasteiger charge is -2.15. The molecule has 0 bridgehead atoms. The van der Waals surface area contributed by atoms with Crippen LogP contribution in [-0.2, 0) is 10.0 Å². The summed E-state index contributed by atoms with van der Waals surface area (Å²) in [5.41, 5.74) is 0. The van der Waals surface area contributed by atoms with Crippen molar-refractivity contribution < 1.29 is 13.5 Å². The minimum atomic E-state index is -3.46. The highest BCUT2D eigenvalue weighted by molar-refractivity contribution is 9.11. The van der Waals surface area contributed by atoms with Crippen molar-refractivity contribution in [3.05, 3.63) is 14.7 Å². The third-order valence-electron chi connectivity index (χ3n) is 1.95. The zero-order valence-electron chi connectivity index (χ0n) is 8.40. The summed E-state index contributed by atoms with van der Waals surface area (Å²) in [6.45, 7) is 1.68. The molecule has 0 atom stereocenters. The van der Waals surface area contributed by atoms with Crippen LogP contribution in [-0.4, -0.2) is 38.0 Å². The first-order valence-corrected chi connectivity index (χ1v) is 7.27. The van der Waals surface area contributed by atoms with E-state index < -0.39 is 10.0 Å². The number of aliphatic hydroxyl groups is 1. The maximum Gasteiger partial charge on any atom is 0.244 e. The van der Waals surface area contributed by atoms with Gasteiger partial charge in [-0.1, -0.05) is 0 Å². The van der Waals surface area contributed by atoms with Crippen molar-refractivity contribution in [1.82, 2.24) is 4.31 Å². The first kappa shape index (κ1) is 13.1. The third kappa shape index (κ3) is 2.79. The molecule has 0 aliphatic rings. The molecule has 1 heterocycles. The Morgan fingerprint density at radius 2 is 2.20 bits per heavy atom. The summed E-state index contributed by atoms with van der Waals surface area (Å²) >= 11 is 4.63. The third-order valence-corrected chi connectivity index (χ3v) is 5.61. The molecule has 0 saturated heterocycles. The summed E-state index contributed by atoms with van der Waals surface area (Å²) in [5, 5.41) is 8.71. The number of likely N-dealkylation sites (N-methyl/N-ethyl adjacent to an activating group) is 1. The Bertz CT molecular complexity index is 441. The molecule has 86 valence electrons. The Hall–Kier alpha value is 0.0500. The van der Waals surface area contributed by atoms with Crippen molar-refractivity contribution in [3.8, 4) is 0 Å². The van der Waals surface area contributed by atoms with Gasteiger partial charge in [0.15, 0.2) is 0 Å². The largest absolute Gasteiger partial charge is 0.395 e. The fraction of sp³-hybridized carbons (Fsp3) is 0.500. The van der Waals surface area contributed by atoms with Crippen molar-refractivity contribution in [3.63, 3.8) is 0 Å². The summed E-state index contributed by atoms with van der Waals surface area (Å²) in [5.74, 6) is 0. The van der Waals surface area contributed by atoms with E-state index in [9.17, 15) is 8.42 Å². The van der Waals surface area contributed by atoms with E-state index >= 15 is 0 Å². The first-order valence-electron chi connectivity index (χ1n) is 4.22. The zero-order chi connectivity index (χ0) is 11.6. The van der Waals surface area contributed by atoms with E-state index in [4.69, 9.17) is 5.11 Å². The van der Waals surface area contributed by atoms with Crippen molar-refractivity contribution in [1.29, 1.82) is 0 Å². The Morgan fingerprint density at radius 1 is 1.60 bits per heavy atom. The topological polar surface area (TPSA) is 57.6 Å². The van der Waals surface area contributed by atoms with Crippen LogP contribution in [0.4, 0.5) is 0 Å². The molecular formula is C8H12BrNO3S2. The van der Waals surface area contributed by atoms with Crippen molar-refractivity contribution in [2.24, 2.45) is 0 Å². The quantitative estimate of drug-likeness (QED) is 0.915. The maximum absolute atomic E-state index is 12.0. The lowest BCUT2D eigenvalue weighted by Crippen LogP contribution is -2.29. The molecule has 15 heavy (non-hydrogen) atoms. The number of thiophene rings is 1. The Kier molecular flexibility index (Phi) is 4.30. The normalized spacial score (nSPS) is 12.3. The van der Waals surface area contributed by atoms with Crippen LogP contribution in [0.2, 0.25) is 0 Å². The van der Waals surface area contributed by atoms with Gasteiger partial charge < -0.3 is 5.11 Å². The van der Waals surface area contributed by atoms with Crippen LogP contribution < -0.4 is 0 Å². The van der Waals surface area contributed by atoms with E-state index in [2.05, 4.69) is 15.9 Å². The van der Waals surface area contributed by atoms with Crippen LogP contribution >= 0.6 is 27.3 Å². The molecule has 0 amide bonds. The molecule has 1 rings (SSSR count). The molecule has 0 saturated carbocycles. The van der Waals surface area contributed by atoms with Crippen molar-refractivity contribution >= 4 is 37.3 Å². The lowest BCUT2D eigenvalue weighted by molar-refractivity contribution is 0.266. The van der Waals surface area contributed by atoms with Gasteiger partial charge in [0.25, 0.3) is 0 Å². The fourth-order valence-electron chi connectivity index (χ4n) is 1.12. The number of sulfonamides is 1. The summed E-state index contributed by atoms with van der Waals surface area (Å²) in [6.07, 6.45) is 0. The zero-order valence-corrected chi connectivity index (χ0v) is 11.6. The molecule has 1 N–H and O–H groups in total. The van der Waals surface area contributed by atoms with Gasteiger partial charge in [-0.05, 0) is 28.9 Å². The van der Waals surface area contributed by atoms with E-state index in [1.807, 2.05) is 0 Å². The molecule has 1 aromatic heterocycles. The van der Waals surface area contributed by atoms with E-state index in [1.165, 1.54) is 18.4 Å². The fourth-order valence-corrected chi connectivity index (χ4v) is 4.66. The van der Waals surface area contributed by atoms with Gasteiger partial charge in [-0.15, -0.1) is 11.3 Å². The van der Waals surface area contributed by atoms with Crippen LogP contribution in [0.3, 0.4) is 0 Å². The van der Waals surface area contributed by atoms with Gasteiger partial charge in [0.2, 0.25) is 10.0 Å². The maximum atomic E-state index is 12.0. The standard InChI is InChI=1S/C8H12BrNO3S2/c1-6-7(5-8(9)14-6)15(12,13)10(2)3-4-11/h5,11H,3-4H2,1-2H3. The highest BCUT2D eigenvalue weighted by Crippen LogP contribution is 2.30. The number of hydrogen-bond donors (Lipinski definition) is 1. The molecule has 0 aliphatic heterocycles. The van der Waals surface area contributed by atoms with Gasteiger partial charge in [-0.3, -0.25) is 0 Å². The molecule has 0 aliphatic carbocycles. The first-order chi connectivity index (χ1) is 6.89. The monoisotopic (exact) mass is 313 g/mol. The molecular weight excluding hydrogens is 302 g/mol.